The van der Waals surface area contributed by atoms with Gasteiger partial charge in [0.25, 0.3) is 0 Å². The highest BCUT2D eigenvalue weighted by Crippen LogP contribution is 2.26. The minimum Gasteiger partial charge on any atom is -0.506 e. The maximum Gasteiger partial charge on any atom is 0.134 e. The van der Waals surface area contributed by atoms with Gasteiger partial charge in [-0.25, -0.2) is 0 Å². The van der Waals surface area contributed by atoms with Gasteiger partial charge in [0.2, 0.25) is 0 Å². The van der Waals surface area contributed by atoms with Crippen LogP contribution in [0.4, 0.5) is 0 Å². The molecule has 13 heavy (non-hydrogen) atoms. The summed E-state index contributed by atoms with van der Waals surface area (Å²) >= 11 is 5.79. The summed E-state index contributed by atoms with van der Waals surface area (Å²) in [7, 11) is 1.92. The van der Waals surface area contributed by atoms with E-state index < -0.39 is 0 Å². The van der Waals surface area contributed by atoms with Gasteiger partial charge in [-0.3, -0.25) is 0 Å². The van der Waals surface area contributed by atoms with Gasteiger partial charge in [0.05, 0.1) is 5.02 Å². The van der Waals surface area contributed by atoms with Crippen molar-refractivity contribution in [1.29, 1.82) is 0 Å². The van der Waals surface area contributed by atoms with Gasteiger partial charge < -0.3 is 10.4 Å². The lowest BCUT2D eigenvalue weighted by Crippen LogP contribution is -2.14. The summed E-state index contributed by atoms with van der Waals surface area (Å²) in [6, 6.07) is 5.33. The van der Waals surface area contributed by atoms with Gasteiger partial charge >= 0.3 is 0 Å². The number of phenolic OH excluding ortho intramolecular Hbond substituents is 1. The van der Waals surface area contributed by atoms with E-state index in [9.17, 15) is 5.11 Å². The highest BCUT2D eigenvalue weighted by molar-refractivity contribution is 6.32. The van der Waals surface area contributed by atoms with Gasteiger partial charge in [-0.05, 0) is 30.7 Å². The minimum absolute atomic E-state index is 0.141. The lowest BCUT2D eigenvalue weighted by atomic mass is 10.0. The lowest BCUT2D eigenvalue weighted by Gasteiger charge is -2.11. The molecule has 0 aliphatic rings. The van der Waals surface area contributed by atoms with Crippen LogP contribution in [0.5, 0.6) is 5.75 Å². The molecular formula is C10H14ClNO. The molecule has 1 aromatic carbocycles. The maximum absolute atomic E-state index is 9.21. The highest BCUT2D eigenvalue weighted by Gasteiger charge is 2.06. The number of benzene rings is 1. The van der Waals surface area contributed by atoms with Gasteiger partial charge in [0.15, 0.2) is 0 Å². The molecule has 0 amide bonds. The second kappa shape index (κ2) is 4.49. The van der Waals surface area contributed by atoms with E-state index in [0.717, 1.165) is 12.1 Å². The Bertz CT molecular complexity index is 288. The zero-order valence-corrected chi connectivity index (χ0v) is 8.60. The van der Waals surface area contributed by atoms with Crippen LogP contribution in [-0.2, 0) is 0 Å². The monoisotopic (exact) mass is 199 g/mol. The van der Waals surface area contributed by atoms with Crippen molar-refractivity contribution in [3.8, 4) is 5.75 Å². The molecule has 0 fully saturated rings. The quantitative estimate of drug-likeness (QED) is 0.784. The van der Waals surface area contributed by atoms with E-state index in [1.807, 2.05) is 13.1 Å². The van der Waals surface area contributed by atoms with Crippen molar-refractivity contribution in [2.75, 3.05) is 13.6 Å². The van der Waals surface area contributed by atoms with E-state index >= 15 is 0 Å². The fourth-order valence-electron chi connectivity index (χ4n) is 1.25. The van der Waals surface area contributed by atoms with Crippen molar-refractivity contribution in [2.24, 2.45) is 0 Å². The first kappa shape index (κ1) is 10.4. The molecule has 1 unspecified atom stereocenters. The van der Waals surface area contributed by atoms with Crippen molar-refractivity contribution in [3.05, 3.63) is 28.8 Å². The molecule has 1 atom stereocenters. The number of phenols is 1. The topological polar surface area (TPSA) is 32.3 Å². The zero-order chi connectivity index (χ0) is 9.84. The predicted octanol–water partition coefficient (Wildman–Crippen LogP) is 2.37. The normalized spacial score (nSPS) is 12.8. The third kappa shape index (κ3) is 2.61. The SMILES string of the molecule is CNCC(C)c1ccc(O)c(Cl)c1. The average molecular weight is 200 g/mol. The van der Waals surface area contributed by atoms with Gasteiger partial charge in [-0.15, -0.1) is 0 Å². The van der Waals surface area contributed by atoms with Crippen LogP contribution >= 0.6 is 11.6 Å². The van der Waals surface area contributed by atoms with Crippen molar-refractivity contribution < 1.29 is 5.11 Å². The number of hydrogen-bond donors (Lipinski definition) is 2. The Hall–Kier alpha value is -0.730. The Labute approximate surface area is 83.5 Å². The smallest absolute Gasteiger partial charge is 0.134 e. The Morgan fingerprint density at radius 3 is 2.77 bits per heavy atom. The second-order valence-electron chi connectivity index (χ2n) is 3.17. The summed E-state index contributed by atoms with van der Waals surface area (Å²) in [5, 5.41) is 12.7. The Morgan fingerprint density at radius 2 is 2.23 bits per heavy atom. The molecule has 0 aliphatic carbocycles. The van der Waals surface area contributed by atoms with Gasteiger partial charge in [-0.1, -0.05) is 24.6 Å². The first-order chi connectivity index (χ1) is 6.15. The molecule has 0 aliphatic heterocycles. The number of nitrogens with one attached hydrogen (secondary N) is 1. The number of likely N-dealkylation sites (N-methyl/N-ethyl adjacent to an activating group) is 1. The number of rotatable bonds is 3. The molecule has 0 bridgehead atoms. The molecule has 0 saturated heterocycles. The maximum atomic E-state index is 9.21. The molecule has 2 nitrogen and oxygen atoms in total. The van der Waals surface area contributed by atoms with Crippen LogP contribution in [0.2, 0.25) is 5.02 Å². The Kier molecular flexibility index (Phi) is 3.58. The van der Waals surface area contributed by atoms with Crippen LogP contribution in [-0.4, -0.2) is 18.7 Å². The Balaban J connectivity index is 2.84. The largest absolute Gasteiger partial charge is 0.506 e. The van der Waals surface area contributed by atoms with E-state index in [0.29, 0.717) is 10.9 Å². The van der Waals surface area contributed by atoms with Gasteiger partial charge in [0, 0.05) is 6.54 Å². The van der Waals surface area contributed by atoms with Crippen molar-refractivity contribution >= 4 is 11.6 Å². The van der Waals surface area contributed by atoms with Gasteiger partial charge in [-0.2, -0.15) is 0 Å². The van der Waals surface area contributed by atoms with E-state index in [-0.39, 0.29) is 5.75 Å². The van der Waals surface area contributed by atoms with E-state index in [2.05, 4.69) is 12.2 Å². The van der Waals surface area contributed by atoms with Crippen molar-refractivity contribution in [2.45, 2.75) is 12.8 Å². The Morgan fingerprint density at radius 1 is 1.54 bits per heavy atom. The van der Waals surface area contributed by atoms with E-state index in [1.165, 1.54) is 0 Å². The molecule has 3 heteroatoms. The summed E-state index contributed by atoms with van der Waals surface area (Å²) in [4.78, 5) is 0. The molecule has 1 aromatic rings. The first-order valence-corrected chi connectivity index (χ1v) is 4.66. The van der Waals surface area contributed by atoms with Crippen LogP contribution in [0, 0.1) is 0 Å². The van der Waals surface area contributed by atoms with Crippen LogP contribution in [0.15, 0.2) is 18.2 Å². The first-order valence-electron chi connectivity index (χ1n) is 4.28. The van der Waals surface area contributed by atoms with Crippen LogP contribution in [0.1, 0.15) is 18.4 Å². The van der Waals surface area contributed by atoms with Crippen LogP contribution in [0.25, 0.3) is 0 Å². The molecule has 0 heterocycles. The molecule has 2 N–H and O–H groups in total. The third-order valence-electron chi connectivity index (χ3n) is 2.05. The highest BCUT2D eigenvalue weighted by atomic mass is 35.5. The summed E-state index contributed by atoms with van der Waals surface area (Å²) in [6.07, 6.45) is 0. The van der Waals surface area contributed by atoms with Crippen LogP contribution < -0.4 is 5.32 Å². The zero-order valence-electron chi connectivity index (χ0n) is 7.84. The van der Waals surface area contributed by atoms with E-state index in [1.54, 1.807) is 12.1 Å². The van der Waals surface area contributed by atoms with Gasteiger partial charge in [0.1, 0.15) is 5.75 Å². The number of halogens is 1. The fourth-order valence-corrected chi connectivity index (χ4v) is 1.44. The van der Waals surface area contributed by atoms with Crippen LogP contribution in [0.3, 0.4) is 0 Å². The minimum atomic E-state index is 0.141. The summed E-state index contributed by atoms with van der Waals surface area (Å²) in [5.41, 5.74) is 1.14. The molecule has 0 spiro atoms. The standard InChI is InChI=1S/C10H14ClNO/c1-7(6-12-2)8-3-4-10(13)9(11)5-8/h3-5,7,12-13H,6H2,1-2H3. The summed E-state index contributed by atoms with van der Waals surface area (Å²) in [6.45, 7) is 3.01. The molecule has 1 rings (SSSR count). The second-order valence-corrected chi connectivity index (χ2v) is 3.58. The van der Waals surface area contributed by atoms with Crippen molar-refractivity contribution in [3.63, 3.8) is 0 Å². The van der Waals surface area contributed by atoms with Crippen molar-refractivity contribution in [1.82, 2.24) is 5.32 Å². The molecule has 72 valence electrons. The third-order valence-corrected chi connectivity index (χ3v) is 2.35. The lowest BCUT2D eigenvalue weighted by molar-refractivity contribution is 0.475. The predicted molar refractivity (Wildman–Crippen MR) is 55.5 cm³/mol. The summed E-state index contributed by atoms with van der Waals surface area (Å²) < 4.78 is 0. The number of aromatic hydroxyl groups is 1. The average Bonchev–Trinajstić information content (AvgIpc) is 2.10. The molecule has 0 aromatic heterocycles. The molecule has 0 radical (unpaired) electrons. The van der Waals surface area contributed by atoms with E-state index in [4.69, 9.17) is 11.6 Å². The summed E-state index contributed by atoms with van der Waals surface area (Å²) in [5.74, 6) is 0.546. The molecular weight excluding hydrogens is 186 g/mol. The number of hydrogen-bond acceptors (Lipinski definition) is 2. The molecule has 0 saturated carbocycles. The fraction of sp³-hybridized carbons (Fsp3) is 0.400.